The molecule has 2 rings (SSSR count). The number of likely N-dealkylation sites (N-methyl/N-ethyl adjacent to an activating group) is 1. The molecule has 0 N–H and O–H groups in total. The van der Waals surface area contributed by atoms with Crippen LogP contribution in [0.15, 0.2) is 24.3 Å². The first kappa shape index (κ1) is 16.4. The summed E-state index contributed by atoms with van der Waals surface area (Å²) >= 11 is 0. The van der Waals surface area contributed by atoms with Gasteiger partial charge in [0.25, 0.3) is 0 Å². The van der Waals surface area contributed by atoms with E-state index in [2.05, 4.69) is 0 Å². The summed E-state index contributed by atoms with van der Waals surface area (Å²) in [5.74, 6) is -3.18. The minimum absolute atomic E-state index is 0.0111. The molecule has 1 aromatic rings. The van der Waals surface area contributed by atoms with E-state index in [1.165, 1.54) is 18.0 Å². The Hall–Kier alpha value is -2.95. The van der Waals surface area contributed by atoms with E-state index >= 15 is 0 Å². The van der Waals surface area contributed by atoms with Crippen LogP contribution < -0.4 is 4.90 Å². The first-order chi connectivity index (χ1) is 10.9. The molecule has 8 heteroatoms. The molecule has 0 radical (unpaired) electrons. The Kier molecular flexibility index (Phi) is 4.31. The van der Waals surface area contributed by atoms with Crippen LogP contribution in [0, 0.1) is 27.4 Å². The highest BCUT2D eigenvalue weighted by atomic mass is 16.6. The molecule has 1 amide bonds. The van der Waals surface area contributed by atoms with Crippen molar-refractivity contribution in [2.75, 3.05) is 25.1 Å². The molecule has 1 aromatic carbocycles. The normalized spacial score (nSPS) is 20.6. The van der Waals surface area contributed by atoms with Crippen LogP contribution in [-0.2, 0) is 19.7 Å². The number of hydrogen-bond donors (Lipinski definition) is 0. The summed E-state index contributed by atoms with van der Waals surface area (Å²) in [7, 11) is 1.46. The Balaban J connectivity index is 2.70. The number of carbonyl (C=O) groups is 2. The predicted octanol–water partition coefficient (Wildman–Crippen LogP) is 0.880. The van der Waals surface area contributed by atoms with E-state index in [0.717, 1.165) is 0 Å². The van der Waals surface area contributed by atoms with E-state index in [1.807, 2.05) is 0 Å². The van der Waals surface area contributed by atoms with Crippen LogP contribution in [-0.4, -0.2) is 37.0 Å². The van der Waals surface area contributed by atoms with Gasteiger partial charge in [0.05, 0.1) is 12.7 Å². The van der Waals surface area contributed by atoms with Gasteiger partial charge >= 0.3 is 5.97 Å². The van der Waals surface area contributed by atoms with Crippen LogP contribution in [0.5, 0.6) is 0 Å². The average Bonchev–Trinajstić information content (AvgIpc) is 2.71. The lowest BCUT2D eigenvalue weighted by molar-refractivity contribution is -0.488. The molecule has 0 aromatic heterocycles. The Morgan fingerprint density at radius 1 is 1.52 bits per heavy atom. The molecule has 1 heterocycles. The van der Waals surface area contributed by atoms with Gasteiger partial charge in [-0.2, -0.15) is 5.26 Å². The highest BCUT2D eigenvalue weighted by Crippen LogP contribution is 2.46. The van der Waals surface area contributed by atoms with Gasteiger partial charge < -0.3 is 9.64 Å². The SMILES string of the molecule is CCOC(=O)[C@@H](C#N)[C@]1(C[N+](=O)[O-])C(=O)N(C)c2ccccc21. The summed E-state index contributed by atoms with van der Waals surface area (Å²) in [5.41, 5.74) is -1.14. The van der Waals surface area contributed by atoms with Crippen molar-refractivity contribution in [3.63, 3.8) is 0 Å². The van der Waals surface area contributed by atoms with Crippen molar-refractivity contribution >= 4 is 17.6 Å². The molecule has 1 aliphatic heterocycles. The van der Waals surface area contributed by atoms with Crippen molar-refractivity contribution in [3.8, 4) is 6.07 Å². The van der Waals surface area contributed by atoms with Crippen LogP contribution in [0.2, 0.25) is 0 Å². The first-order valence-corrected chi connectivity index (χ1v) is 6.95. The van der Waals surface area contributed by atoms with E-state index in [-0.39, 0.29) is 6.61 Å². The number of anilines is 1. The van der Waals surface area contributed by atoms with Gasteiger partial charge in [0.2, 0.25) is 12.5 Å². The monoisotopic (exact) mass is 317 g/mol. The fraction of sp³-hybridized carbons (Fsp3) is 0.400. The Bertz CT molecular complexity index is 711. The predicted molar refractivity (Wildman–Crippen MR) is 79.1 cm³/mol. The van der Waals surface area contributed by atoms with Crippen LogP contribution in [0.4, 0.5) is 5.69 Å². The van der Waals surface area contributed by atoms with Gasteiger partial charge in [0.1, 0.15) is 0 Å². The summed E-state index contributed by atoms with van der Waals surface area (Å²) in [6.45, 7) is 0.713. The lowest BCUT2D eigenvalue weighted by atomic mass is 9.71. The number of rotatable bonds is 5. The molecule has 8 nitrogen and oxygen atoms in total. The van der Waals surface area contributed by atoms with Crippen molar-refractivity contribution in [1.82, 2.24) is 0 Å². The van der Waals surface area contributed by atoms with E-state index in [4.69, 9.17) is 4.74 Å². The third-order valence-electron chi connectivity index (χ3n) is 3.95. The first-order valence-electron chi connectivity index (χ1n) is 6.95. The summed E-state index contributed by atoms with van der Waals surface area (Å²) in [5, 5.41) is 20.6. The molecule has 2 atom stereocenters. The number of amides is 1. The minimum atomic E-state index is -1.88. The van der Waals surface area contributed by atoms with Crippen LogP contribution >= 0.6 is 0 Å². The number of nitro groups is 1. The molecule has 0 fully saturated rings. The highest BCUT2D eigenvalue weighted by Gasteiger charge is 2.61. The van der Waals surface area contributed by atoms with Gasteiger partial charge in [-0.15, -0.1) is 0 Å². The number of benzene rings is 1. The maximum Gasteiger partial charge on any atom is 0.325 e. The molecule has 0 saturated carbocycles. The van der Waals surface area contributed by atoms with E-state index in [9.17, 15) is 25.0 Å². The van der Waals surface area contributed by atoms with Crippen LogP contribution in [0.25, 0.3) is 0 Å². The summed E-state index contributed by atoms with van der Waals surface area (Å²) in [6.07, 6.45) is 0. The van der Waals surface area contributed by atoms with E-state index in [1.54, 1.807) is 31.2 Å². The zero-order chi connectivity index (χ0) is 17.2. The zero-order valence-corrected chi connectivity index (χ0v) is 12.7. The second-order valence-corrected chi connectivity index (χ2v) is 5.16. The maximum atomic E-state index is 12.8. The fourth-order valence-electron chi connectivity index (χ4n) is 2.98. The summed E-state index contributed by atoms with van der Waals surface area (Å²) in [6, 6.07) is 8.18. The van der Waals surface area contributed by atoms with E-state index < -0.39 is 34.7 Å². The van der Waals surface area contributed by atoms with Crippen molar-refractivity contribution < 1.29 is 19.2 Å². The Morgan fingerprint density at radius 2 is 2.17 bits per heavy atom. The largest absolute Gasteiger partial charge is 0.465 e. The van der Waals surface area contributed by atoms with Crippen molar-refractivity contribution in [1.29, 1.82) is 5.26 Å². The second-order valence-electron chi connectivity index (χ2n) is 5.16. The number of ether oxygens (including phenoxy) is 1. The van der Waals surface area contributed by atoms with Gasteiger partial charge in [-0.25, -0.2) is 0 Å². The molecule has 0 bridgehead atoms. The smallest absolute Gasteiger partial charge is 0.325 e. The quantitative estimate of drug-likeness (QED) is 0.452. The molecule has 120 valence electrons. The van der Waals surface area contributed by atoms with Crippen molar-refractivity contribution in [3.05, 3.63) is 39.9 Å². The molecule has 0 spiro atoms. The standard InChI is InChI=1S/C15H15N3O5/c1-3-23-13(19)11(8-16)15(9-18(21)22)10-6-4-5-7-12(10)17(2)14(15)20/h4-7,11H,3,9H2,1-2H3/t11-,15-/m1/s1. The fourth-order valence-corrected chi connectivity index (χ4v) is 2.98. The number of esters is 1. The van der Waals surface area contributed by atoms with Gasteiger partial charge in [-0.3, -0.25) is 19.7 Å². The lowest BCUT2D eigenvalue weighted by Gasteiger charge is -2.27. The zero-order valence-electron chi connectivity index (χ0n) is 12.7. The molecule has 0 unspecified atom stereocenters. The summed E-state index contributed by atoms with van der Waals surface area (Å²) in [4.78, 5) is 36.7. The highest BCUT2D eigenvalue weighted by molar-refractivity contribution is 6.10. The van der Waals surface area contributed by atoms with Crippen LogP contribution in [0.1, 0.15) is 12.5 Å². The number of hydrogen-bond acceptors (Lipinski definition) is 6. The van der Waals surface area contributed by atoms with Crippen LogP contribution in [0.3, 0.4) is 0 Å². The third-order valence-corrected chi connectivity index (χ3v) is 3.95. The number of para-hydroxylation sites is 1. The van der Waals surface area contributed by atoms with Crippen molar-refractivity contribution in [2.24, 2.45) is 5.92 Å². The van der Waals surface area contributed by atoms with Gasteiger partial charge in [0.15, 0.2) is 11.3 Å². The number of carbonyl (C=O) groups excluding carboxylic acids is 2. The van der Waals surface area contributed by atoms with Gasteiger partial charge in [-0.1, -0.05) is 18.2 Å². The lowest BCUT2D eigenvalue weighted by Crippen LogP contribution is -2.52. The molecule has 23 heavy (non-hydrogen) atoms. The van der Waals surface area contributed by atoms with Crippen molar-refractivity contribution in [2.45, 2.75) is 12.3 Å². The van der Waals surface area contributed by atoms with Gasteiger partial charge in [0, 0.05) is 17.7 Å². The molecular weight excluding hydrogens is 302 g/mol. The third kappa shape index (κ3) is 2.40. The molecule has 0 saturated heterocycles. The molecule has 0 aliphatic carbocycles. The average molecular weight is 317 g/mol. The summed E-state index contributed by atoms with van der Waals surface area (Å²) < 4.78 is 4.86. The maximum absolute atomic E-state index is 12.8. The number of nitriles is 1. The second kappa shape index (κ2) is 6.04. The number of nitrogens with zero attached hydrogens (tertiary/aromatic N) is 3. The molecular formula is C15H15N3O5. The minimum Gasteiger partial charge on any atom is -0.465 e. The Morgan fingerprint density at radius 3 is 2.74 bits per heavy atom. The Labute approximate surface area is 132 Å². The number of fused-ring (bicyclic) bond motifs is 1. The van der Waals surface area contributed by atoms with E-state index in [0.29, 0.717) is 11.3 Å². The molecule has 1 aliphatic rings. The topological polar surface area (TPSA) is 114 Å². The van der Waals surface area contributed by atoms with Gasteiger partial charge in [-0.05, 0) is 18.6 Å².